The van der Waals surface area contributed by atoms with Crippen LogP contribution in [0.4, 0.5) is 5.69 Å². The first-order valence-electron chi connectivity index (χ1n) is 8.69. The molecule has 0 aliphatic carbocycles. The first kappa shape index (κ1) is 18.8. The summed E-state index contributed by atoms with van der Waals surface area (Å²) in [6.07, 6.45) is 0. The first-order valence-corrected chi connectivity index (χ1v) is 9.57. The number of carbonyl (C=O) groups excluding carboxylic acids is 1. The summed E-state index contributed by atoms with van der Waals surface area (Å²) < 4.78 is 10.8. The van der Waals surface area contributed by atoms with Crippen LogP contribution in [0.3, 0.4) is 0 Å². The van der Waals surface area contributed by atoms with Crippen LogP contribution in [0.1, 0.15) is 6.92 Å². The van der Waals surface area contributed by atoms with Crippen LogP contribution >= 0.6 is 11.8 Å². The quantitative estimate of drug-likeness (QED) is 0.416. The van der Waals surface area contributed by atoms with Gasteiger partial charge in [0.25, 0.3) is 5.22 Å². The number of carbonyl (C=O) groups is 1. The number of thioether (sulfide) groups is 1. The molecule has 0 aliphatic rings. The van der Waals surface area contributed by atoms with E-state index in [0.29, 0.717) is 27.8 Å². The molecule has 4 aromatic rings. The Morgan fingerprint density at radius 2 is 1.90 bits per heavy atom. The molecule has 0 saturated heterocycles. The van der Waals surface area contributed by atoms with Gasteiger partial charge in [-0.1, -0.05) is 11.8 Å². The van der Waals surface area contributed by atoms with Gasteiger partial charge in [-0.25, -0.2) is 4.79 Å². The molecule has 0 spiro atoms. The predicted molar refractivity (Wildman–Crippen MR) is 109 cm³/mol. The third kappa shape index (κ3) is 4.16. The summed E-state index contributed by atoms with van der Waals surface area (Å²) in [4.78, 5) is 29.1. The fourth-order valence-electron chi connectivity index (χ4n) is 2.67. The molecule has 0 aliphatic heterocycles. The van der Waals surface area contributed by atoms with Gasteiger partial charge in [-0.2, -0.15) is 0 Å². The normalized spacial score (nSPS) is 12.1. The third-order valence-corrected chi connectivity index (χ3v) is 5.11. The van der Waals surface area contributed by atoms with Crippen molar-refractivity contribution in [1.82, 2.24) is 20.2 Å². The maximum Gasteiger partial charge on any atom is 0.323 e. The summed E-state index contributed by atoms with van der Waals surface area (Å²) in [7, 11) is 1.60. The molecule has 9 nitrogen and oxygen atoms in total. The number of benzene rings is 2. The van der Waals surface area contributed by atoms with Crippen LogP contribution in [-0.2, 0) is 4.79 Å². The standard InChI is InChI=1S/C19H17N5O4S/c1-10(16(25)20-12-5-8-14-15(9-12)22-18(26)21-14)29-19-24-23-17(28-19)11-3-6-13(27-2)7-4-11/h3-10H,1-2H3,(H,20,25)(H2,21,22,26)/t10-/m1/s1. The van der Waals surface area contributed by atoms with Gasteiger partial charge in [0, 0.05) is 11.3 Å². The van der Waals surface area contributed by atoms with Gasteiger partial charge in [0.1, 0.15) is 5.75 Å². The van der Waals surface area contributed by atoms with Gasteiger partial charge in [0.15, 0.2) is 0 Å². The first-order chi connectivity index (χ1) is 14.0. The van der Waals surface area contributed by atoms with Crippen molar-refractivity contribution >= 4 is 34.4 Å². The van der Waals surface area contributed by atoms with Crippen molar-refractivity contribution in [3.63, 3.8) is 0 Å². The number of imidazole rings is 1. The van der Waals surface area contributed by atoms with Crippen molar-refractivity contribution in [2.45, 2.75) is 17.4 Å². The minimum absolute atomic E-state index is 0.226. The Labute approximate surface area is 168 Å². The number of hydrogen-bond donors (Lipinski definition) is 3. The van der Waals surface area contributed by atoms with E-state index in [1.54, 1.807) is 44.4 Å². The molecule has 148 valence electrons. The van der Waals surface area contributed by atoms with Gasteiger partial charge in [0.2, 0.25) is 11.8 Å². The van der Waals surface area contributed by atoms with Crippen molar-refractivity contribution in [2.24, 2.45) is 0 Å². The Morgan fingerprint density at radius 3 is 2.66 bits per heavy atom. The molecule has 29 heavy (non-hydrogen) atoms. The van der Waals surface area contributed by atoms with E-state index in [4.69, 9.17) is 9.15 Å². The maximum absolute atomic E-state index is 12.5. The van der Waals surface area contributed by atoms with E-state index in [1.807, 2.05) is 12.1 Å². The molecule has 4 rings (SSSR count). The molecule has 1 amide bonds. The number of fused-ring (bicyclic) bond motifs is 1. The summed E-state index contributed by atoms with van der Waals surface area (Å²) >= 11 is 1.16. The van der Waals surface area contributed by atoms with Crippen molar-refractivity contribution in [2.75, 3.05) is 12.4 Å². The van der Waals surface area contributed by atoms with E-state index in [2.05, 4.69) is 25.5 Å². The van der Waals surface area contributed by atoms with Crippen molar-refractivity contribution < 1.29 is 13.9 Å². The number of H-pyrrole nitrogens is 2. The average Bonchev–Trinajstić information content (AvgIpc) is 3.33. The van der Waals surface area contributed by atoms with Gasteiger partial charge in [-0.05, 0) is 49.4 Å². The predicted octanol–water partition coefficient (Wildman–Crippen LogP) is 3.03. The van der Waals surface area contributed by atoms with Gasteiger partial charge < -0.3 is 24.4 Å². The van der Waals surface area contributed by atoms with Crippen molar-refractivity contribution in [3.8, 4) is 17.2 Å². The Kier molecular flexibility index (Phi) is 5.09. The van der Waals surface area contributed by atoms with E-state index in [9.17, 15) is 9.59 Å². The number of aromatic amines is 2. The molecule has 2 aromatic carbocycles. The highest BCUT2D eigenvalue weighted by molar-refractivity contribution is 8.00. The fourth-order valence-corrected chi connectivity index (χ4v) is 3.35. The van der Waals surface area contributed by atoms with E-state index in [-0.39, 0.29) is 11.6 Å². The summed E-state index contributed by atoms with van der Waals surface area (Å²) in [6.45, 7) is 1.74. The molecule has 10 heteroatoms. The summed E-state index contributed by atoms with van der Waals surface area (Å²) in [5.74, 6) is 0.871. The van der Waals surface area contributed by atoms with E-state index in [0.717, 1.165) is 23.1 Å². The fraction of sp³-hybridized carbons (Fsp3) is 0.158. The van der Waals surface area contributed by atoms with Crippen LogP contribution < -0.4 is 15.7 Å². The lowest BCUT2D eigenvalue weighted by atomic mass is 10.2. The highest BCUT2D eigenvalue weighted by Gasteiger charge is 2.19. The maximum atomic E-state index is 12.5. The van der Waals surface area contributed by atoms with E-state index < -0.39 is 5.25 Å². The van der Waals surface area contributed by atoms with Crippen LogP contribution in [-0.4, -0.2) is 38.4 Å². The van der Waals surface area contributed by atoms with Gasteiger partial charge >= 0.3 is 5.69 Å². The zero-order chi connectivity index (χ0) is 20.4. The van der Waals surface area contributed by atoms with Crippen molar-refractivity contribution in [3.05, 3.63) is 52.9 Å². The second-order valence-electron chi connectivity index (χ2n) is 6.19. The second kappa shape index (κ2) is 7.84. The number of methoxy groups -OCH3 is 1. The largest absolute Gasteiger partial charge is 0.497 e. The number of amides is 1. The monoisotopic (exact) mass is 411 g/mol. The zero-order valence-corrected chi connectivity index (χ0v) is 16.4. The van der Waals surface area contributed by atoms with Crippen LogP contribution in [0.25, 0.3) is 22.5 Å². The van der Waals surface area contributed by atoms with Gasteiger partial charge in [-0.3, -0.25) is 4.79 Å². The molecule has 2 aromatic heterocycles. The highest BCUT2D eigenvalue weighted by atomic mass is 32.2. The molecule has 2 heterocycles. The third-order valence-electron chi connectivity index (χ3n) is 4.17. The molecular formula is C19H17N5O4S. The lowest BCUT2D eigenvalue weighted by Crippen LogP contribution is -2.22. The van der Waals surface area contributed by atoms with Crippen LogP contribution in [0.2, 0.25) is 0 Å². The van der Waals surface area contributed by atoms with Gasteiger partial charge in [-0.15, -0.1) is 10.2 Å². The molecule has 1 atom stereocenters. The van der Waals surface area contributed by atoms with Crippen LogP contribution in [0.5, 0.6) is 5.75 Å². The van der Waals surface area contributed by atoms with Crippen LogP contribution in [0, 0.1) is 0 Å². The number of ether oxygens (including phenoxy) is 1. The Bertz CT molecular complexity index is 1210. The highest BCUT2D eigenvalue weighted by Crippen LogP contribution is 2.28. The summed E-state index contributed by atoms with van der Waals surface area (Å²) in [5.41, 5.74) is 2.34. The number of nitrogens with one attached hydrogen (secondary N) is 3. The molecule has 0 unspecified atom stereocenters. The number of hydrogen-bond acceptors (Lipinski definition) is 7. The SMILES string of the molecule is COc1ccc(-c2nnc(S[C@H](C)C(=O)Nc3ccc4[nH]c(=O)[nH]c4c3)o2)cc1. The van der Waals surface area contributed by atoms with E-state index >= 15 is 0 Å². The van der Waals surface area contributed by atoms with Gasteiger partial charge in [0.05, 0.1) is 23.4 Å². The molecular weight excluding hydrogens is 394 g/mol. The molecule has 0 bridgehead atoms. The molecule has 3 N–H and O–H groups in total. The molecule has 0 saturated carbocycles. The Hall–Kier alpha value is -3.53. The number of rotatable bonds is 6. The minimum atomic E-state index is -0.472. The van der Waals surface area contributed by atoms with Crippen LogP contribution in [0.15, 0.2) is 56.9 Å². The average molecular weight is 411 g/mol. The Morgan fingerprint density at radius 1 is 1.14 bits per heavy atom. The summed E-state index contributed by atoms with van der Waals surface area (Å²) in [6, 6.07) is 12.4. The lowest BCUT2D eigenvalue weighted by Gasteiger charge is -2.09. The summed E-state index contributed by atoms with van der Waals surface area (Å²) in [5, 5.41) is 10.7. The Balaban J connectivity index is 1.41. The topological polar surface area (TPSA) is 126 Å². The smallest absolute Gasteiger partial charge is 0.323 e. The minimum Gasteiger partial charge on any atom is -0.497 e. The number of aromatic nitrogens is 4. The second-order valence-corrected chi connectivity index (χ2v) is 7.48. The van der Waals surface area contributed by atoms with Crippen molar-refractivity contribution in [1.29, 1.82) is 0 Å². The molecule has 0 radical (unpaired) electrons. The molecule has 0 fully saturated rings. The number of nitrogens with zero attached hydrogens (tertiary/aromatic N) is 2. The zero-order valence-electron chi connectivity index (χ0n) is 15.6. The van der Waals surface area contributed by atoms with E-state index in [1.165, 1.54) is 0 Å². The number of anilines is 1. The lowest BCUT2D eigenvalue weighted by molar-refractivity contribution is -0.115.